The molecule has 5 heteroatoms. The monoisotopic (exact) mass is 1030 g/mol. The summed E-state index contributed by atoms with van der Waals surface area (Å²) in [7, 11) is 0. The number of nitrogens with zero attached hydrogens (tertiary/aromatic N) is 5. The molecule has 0 aliphatic heterocycles. The fourth-order valence-electron chi connectivity index (χ4n) is 11.8. The molecule has 380 valence electrons. The molecular weight excluding hydrogens is 983 g/mol. The van der Waals surface area contributed by atoms with E-state index < -0.39 is 0 Å². The summed E-state index contributed by atoms with van der Waals surface area (Å²) in [4.78, 5) is 12.9. The van der Waals surface area contributed by atoms with Gasteiger partial charge in [0, 0.05) is 66.7 Å². The predicted octanol–water partition coefficient (Wildman–Crippen LogP) is 20.1. The van der Waals surface area contributed by atoms with E-state index in [1.807, 2.05) is 0 Å². The van der Waals surface area contributed by atoms with E-state index in [2.05, 4.69) is 323 Å². The van der Waals surface area contributed by atoms with Crippen LogP contribution in [0.2, 0.25) is 0 Å². The number of hydrogen-bond acceptors (Lipinski definition) is 3. The zero-order valence-electron chi connectivity index (χ0n) is 44.2. The molecule has 0 aliphatic carbocycles. The van der Waals surface area contributed by atoms with Crippen molar-refractivity contribution in [2.24, 2.45) is 0 Å². The smallest absolute Gasteiger partial charge is 0.160 e. The molecule has 0 radical (unpaired) electrons. The van der Waals surface area contributed by atoms with E-state index in [1.165, 1.54) is 43.7 Å². The third-order valence-corrected chi connectivity index (χ3v) is 15.7. The fraction of sp³-hybridized carbons (Fsp3) is 0. The largest absolute Gasteiger partial charge is 0.311 e. The molecule has 0 unspecified atom stereocenters. The van der Waals surface area contributed by atoms with E-state index in [-0.39, 0.29) is 0 Å². The van der Waals surface area contributed by atoms with Crippen LogP contribution in [0.3, 0.4) is 0 Å². The van der Waals surface area contributed by atoms with Crippen LogP contribution in [0.25, 0.3) is 122 Å². The molecule has 81 heavy (non-hydrogen) atoms. The minimum absolute atomic E-state index is 0.670. The lowest BCUT2D eigenvalue weighted by molar-refractivity contribution is 1.16. The van der Waals surface area contributed by atoms with Gasteiger partial charge < -0.3 is 14.0 Å². The summed E-state index contributed by atoms with van der Waals surface area (Å²) >= 11 is 0. The highest BCUT2D eigenvalue weighted by Gasteiger charge is 2.19. The Morgan fingerprint density at radius 1 is 0.222 bits per heavy atom. The van der Waals surface area contributed by atoms with Crippen molar-refractivity contribution in [3.63, 3.8) is 0 Å². The first-order valence-corrected chi connectivity index (χ1v) is 27.5. The molecule has 3 aromatic heterocycles. The molecule has 0 N–H and O–H groups in total. The van der Waals surface area contributed by atoms with Crippen molar-refractivity contribution < 1.29 is 0 Å². The molecule has 0 amide bonds. The Labute approximate surface area is 470 Å². The quantitative estimate of drug-likeness (QED) is 0.130. The zero-order valence-corrected chi connectivity index (χ0v) is 44.2. The molecule has 5 nitrogen and oxygen atoms in total. The highest BCUT2D eigenvalue weighted by atomic mass is 15.1. The maximum Gasteiger partial charge on any atom is 0.160 e. The number of hydrogen-bond donors (Lipinski definition) is 0. The van der Waals surface area contributed by atoms with Gasteiger partial charge in [-0.2, -0.15) is 0 Å². The summed E-state index contributed by atoms with van der Waals surface area (Å²) in [5.74, 6) is 0.670. The first kappa shape index (κ1) is 47.3. The van der Waals surface area contributed by atoms with E-state index in [4.69, 9.17) is 9.97 Å². The van der Waals surface area contributed by atoms with Gasteiger partial charge in [-0.25, -0.2) is 9.97 Å². The molecule has 12 aromatic carbocycles. The van der Waals surface area contributed by atoms with Crippen LogP contribution >= 0.6 is 0 Å². The second-order valence-electron chi connectivity index (χ2n) is 20.6. The summed E-state index contributed by atoms with van der Waals surface area (Å²) in [6.45, 7) is 0. The summed E-state index contributed by atoms with van der Waals surface area (Å²) in [6.07, 6.45) is 0. The molecule has 3 heterocycles. The van der Waals surface area contributed by atoms with E-state index in [1.54, 1.807) is 0 Å². The Bertz CT molecular complexity index is 4640. The third-order valence-electron chi connectivity index (χ3n) is 15.7. The molecular formula is C76H51N5. The van der Waals surface area contributed by atoms with Crippen molar-refractivity contribution >= 4 is 60.7 Å². The van der Waals surface area contributed by atoms with Crippen LogP contribution in [0.15, 0.2) is 309 Å². The van der Waals surface area contributed by atoms with Gasteiger partial charge in [-0.15, -0.1) is 0 Å². The molecule has 0 atom stereocenters. The highest BCUT2D eigenvalue weighted by Crippen LogP contribution is 2.41. The predicted molar refractivity (Wildman–Crippen MR) is 338 cm³/mol. The van der Waals surface area contributed by atoms with Gasteiger partial charge in [0.1, 0.15) is 0 Å². The Kier molecular flexibility index (Phi) is 11.8. The lowest BCUT2D eigenvalue weighted by atomic mass is 9.99. The van der Waals surface area contributed by atoms with Crippen molar-refractivity contribution in [1.82, 2.24) is 19.1 Å². The van der Waals surface area contributed by atoms with Gasteiger partial charge in [-0.1, -0.05) is 182 Å². The van der Waals surface area contributed by atoms with Gasteiger partial charge in [0.05, 0.1) is 33.5 Å². The third kappa shape index (κ3) is 8.71. The Morgan fingerprint density at radius 2 is 0.568 bits per heavy atom. The van der Waals surface area contributed by atoms with Crippen LogP contribution in [-0.4, -0.2) is 19.1 Å². The maximum atomic E-state index is 5.30. The van der Waals surface area contributed by atoms with E-state index in [9.17, 15) is 0 Å². The molecule has 0 bridgehead atoms. The van der Waals surface area contributed by atoms with Crippen molar-refractivity contribution in [2.75, 3.05) is 4.90 Å². The average molecular weight is 1030 g/mol. The van der Waals surface area contributed by atoms with E-state index in [0.717, 1.165) is 89.8 Å². The lowest BCUT2D eigenvalue weighted by Gasteiger charge is -2.25. The highest BCUT2D eigenvalue weighted by molar-refractivity contribution is 6.13. The summed E-state index contributed by atoms with van der Waals surface area (Å²) in [6, 6.07) is 111. The molecule has 0 aliphatic rings. The SMILES string of the molecule is c1ccc(-c2cccc(-c3cc(-c4cccc(-c5ccccc5)c4)nc(-c4ccc(-n5c6ccccc6c6cc(-c7ccc8c(c7)c7ccccc7n8-c7ccc(N(c8ccccc8)c8ccccc8)cc7)ccc65)cc4)n3)c2)cc1. The number of benzene rings is 12. The van der Waals surface area contributed by atoms with Crippen molar-refractivity contribution in [3.8, 4) is 78.7 Å². The minimum Gasteiger partial charge on any atom is -0.311 e. The normalized spacial score (nSPS) is 11.5. The van der Waals surface area contributed by atoms with Crippen molar-refractivity contribution in [3.05, 3.63) is 309 Å². The number of para-hydroxylation sites is 4. The van der Waals surface area contributed by atoms with Gasteiger partial charge in [0.2, 0.25) is 0 Å². The van der Waals surface area contributed by atoms with Crippen molar-refractivity contribution in [2.45, 2.75) is 0 Å². The van der Waals surface area contributed by atoms with Gasteiger partial charge in [-0.3, -0.25) is 0 Å². The summed E-state index contributed by atoms with van der Waals surface area (Å²) in [5, 5.41) is 4.84. The van der Waals surface area contributed by atoms with Crippen molar-refractivity contribution in [1.29, 1.82) is 0 Å². The van der Waals surface area contributed by atoms with Crippen LogP contribution in [0.4, 0.5) is 17.1 Å². The van der Waals surface area contributed by atoms with Crippen LogP contribution < -0.4 is 4.90 Å². The standard InChI is InChI=1S/C76H51N5/c1-5-19-52(20-6-1)55-23-17-25-59(47-55)70-51-71(60-26-18-24-56(48-60)53-21-7-2-8-22-53)78-76(77-70)54-35-39-64(40-36-54)80-72-33-15-13-31-66(72)68-49-57(37-45-74(68)80)58-38-46-75-69(50-58)67-32-14-16-34-73(67)81(75)65-43-41-63(42-44-65)79(61-27-9-3-10-28-61)62-29-11-4-12-30-62/h1-51H. The van der Waals surface area contributed by atoms with Crippen LogP contribution in [0.1, 0.15) is 0 Å². The number of fused-ring (bicyclic) bond motifs is 6. The van der Waals surface area contributed by atoms with Gasteiger partial charge in [0.25, 0.3) is 0 Å². The zero-order chi connectivity index (χ0) is 53.6. The summed E-state index contributed by atoms with van der Waals surface area (Å²) < 4.78 is 4.78. The number of anilines is 3. The molecule has 0 spiro atoms. The Hall–Kier alpha value is -10.9. The van der Waals surface area contributed by atoms with Crippen LogP contribution in [0.5, 0.6) is 0 Å². The lowest BCUT2D eigenvalue weighted by Crippen LogP contribution is -2.09. The molecule has 15 rings (SSSR count). The molecule has 0 saturated heterocycles. The second-order valence-corrected chi connectivity index (χ2v) is 20.6. The minimum atomic E-state index is 0.670. The van der Waals surface area contributed by atoms with Crippen LogP contribution in [0, 0.1) is 0 Å². The van der Waals surface area contributed by atoms with Crippen LogP contribution in [-0.2, 0) is 0 Å². The Morgan fingerprint density at radius 3 is 1.04 bits per heavy atom. The number of rotatable bonds is 11. The van der Waals surface area contributed by atoms with Gasteiger partial charge in [0.15, 0.2) is 5.82 Å². The average Bonchev–Trinajstić information content (AvgIpc) is 4.28. The second kappa shape index (κ2) is 20.2. The van der Waals surface area contributed by atoms with E-state index in [0.29, 0.717) is 5.82 Å². The maximum absolute atomic E-state index is 5.30. The summed E-state index contributed by atoms with van der Waals surface area (Å²) in [5.41, 5.74) is 21.8. The molecule has 0 fully saturated rings. The molecule has 15 aromatic rings. The first-order chi connectivity index (χ1) is 40.1. The van der Waals surface area contributed by atoms with Gasteiger partial charge in [-0.05, 0) is 161 Å². The Balaban J connectivity index is 0.785. The van der Waals surface area contributed by atoms with E-state index >= 15 is 0 Å². The topological polar surface area (TPSA) is 38.9 Å². The molecule has 0 saturated carbocycles. The fourth-order valence-corrected chi connectivity index (χ4v) is 11.8. The van der Waals surface area contributed by atoms with Gasteiger partial charge >= 0.3 is 0 Å². The first-order valence-electron chi connectivity index (χ1n) is 27.5. The number of aromatic nitrogens is 4.